The summed E-state index contributed by atoms with van der Waals surface area (Å²) in [5, 5.41) is 2.77. The monoisotopic (exact) mass is 269 g/mol. The van der Waals surface area contributed by atoms with Gasteiger partial charge in [0.15, 0.2) is 0 Å². The van der Waals surface area contributed by atoms with Crippen LogP contribution in [-0.4, -0.2) is 60.4 Å². The number of hydrogen-bond acceptors (Lipinski definition) is 3. The number of nitrogens with zero attached hydrogens (tertiary/aromatic N) is 2. The van der Waals surface area contributed by atoms with Gasteiger partial charge in [0.05, 0.1) is 13.1 Å². The van der Waals surface area contributed by atoms with E-state index in [1.807, 2.05) is 23.6 Å². The first-order valence-corrected chi connectivity index (χ1v) is 7.37. The van der Waals surface area contributed by atoms with Crippen LogP contribution >= 0.6 is 0 Å². The SMILES string of the molecule is CCNC(=O)CN(CC)CC(=O)N1CCCCC1C. The predicted molar refractivity (Wildman–Crippen MR) is 75.8 cm³/mol. The van der Waals surface area contributed by atoms with Crippen molar-refractivity contribution >= 4 is 11.8 Å². The van der Waals surface area contributed by atoms with Crippen molar-refractivity contribution in [1.29, 1.82) is 0 Å². The molecule has 0 bridgehead atoms. The van der Waals surface area contributed by atoms with Crippen molar-refractivity contribution in [2.24, 2.45) is 0 Å². The fourth-order valence-electron chi connectivity index (χ4n) is 2.49. The van der Waals surface area contributed by atoms with E-state index in [4.69, 9.17) is 0 Å². The highest BCUT2D eigenvalue weighted by molar-refractivity contribution is 5.81. The summed E-state index contributed by atoms with van der Waals surface area (Å²) in [7, 11) is 0. The van der Waals surface area contributed by atoms with Gasteiger partial charge in [-0.1, -0.05) is 6.92 Å². The number of carbonyl (C=O) groups excluding carboxylic acids is 2. The van der Waals surface area contributed by atoms with Gasteiger partial charge in [-0.05, 0) is 39.7 Å². The molecule has 5 nitrogen and oxygen atoms in total. The van der Waals surface area contributed by atoms with Gasteiger partial charge in [-0.2, -0.15) is 0 Å². The Hall–Kier alpha value is -1.10. The first-order chi connectivity index (χ1) is 9.08. The average molecular weight is 269 g/mol. The lowest BCUT2D eigenvalue weighted by molar-refractivity contribution is -0.136. The number of piperidine rings is 1. The van der Waals surface area contributed by atoms with E-state index in [0.717, 1.165) is 19.4 Å². The molecule has 1 aliphatic heterocycles. The smallest absolute Gasteiger partial charge is 0.237 e. The summed E-state index contributed by atoms with van der Waals surface area (Å²) in [4.78, 5) is 27.7. The van der Waals surface area contributed by atoms with Gasteiger partial charge in [-0.3, -0.25) is 14.5 Å². The number of likely N-dealkylation sites (tertiary alicyclic amines) is 1. The predicted octanol–water partition coefficient (Wildman–Crippen LogP) is 0.845. The summed E-state index contributed by atoms with van der Waals surface area (Å²) in [5.41, 5.74) is 0. The molecule has 2 amide bonds. The van der Waals surface area contributed by atoms with Gasteiger partial charge in [-0.25, -0.2) is 0 Å². The van der Waals surface area contributed by atoms with Crippen LogP contribution in [0.3, 0.4) is 0 Å². The minimum absolute atomic E-state index is 0.0103. The van der Waals surface area contributed by atoms with Crippen LogP contribution in [0.4, 0.5) is 0 Å². The molecule has 1 unspecified atom stereocenters. The Kier molecular flexibility index (Phi) is 6.84. The highest BCUT2D eigenvalue weighted by Crippen LogP contribution is 2.16. The van der Waals surface area contributed by atoms with E-state index in [9.17, 15) is 9.59 Å². The molecule has 110 valence electrons. The second kappa shape index (κ2) is 8.15. The van der Waals surface area contributed by atoms with Crippen LogP contribution in [0.5, 0.6) is 0 Å². The maximum atomic E-state index is 12.3. The molecule has 0 spiro atoms. The lowest BCUT2D eigenvalue weighted by atomic mass is 10.0. The zero-order valence-electron chi connectivity index (χ0n) is 12.4. The molecule has 1 atom stereocenters. The van der Waals surface area contributed by atoms with Crippen molar-refractivity contribution in [2.45, 2.75) is 46.1 Å². The zero-order valence-corrected chi connectivity index (χ0v) is 12.4. The molecular formula is C14H27N3O2. The highest BCUT2D eigenvalue weighted by atomic mass is 16.2. The molecule has 1 saturated heterocycles. The van der Waals surface area contributed by atoms with Gasteiger partial charge in [-0.15, -0.1) is 0 Å². The molecule has 5 heteroatoms. The maximum absolute atomic E-state index is 12.3. The summed E-state index contributed by atoms with van der Waals surface area (Å²) < 4.78 is 0. The quantitative estimate of drug-likeness (QED) is 0.777. The van der Waals surface area contributed by atoms with E-state index in [-0.39, 0.29) is 11.8 Å². The zero-order chi connectivity index (χ0) is 14.3. The van der Waals surface area contributed by atoms with Crippen LogP contribution < -0.4 is 5.32 Å². The van der Waals surface area contributed by atoms with E-state index >= 15 is 0 Å². The van der Waals surface area contributed by atoms with Gasteiger partial charge in [0.2, 0.25) is 11.8 Å². The molecule has 1 heterocycles. The summed E-state index contributed by atoms with van der Waals surface area (Å²) in [6.45, 7) is 8.84. The summed E-state index contributed by atoms with van der Waals surface area (Å²) in [6.07, 6.45) is 3.40. The summed E-state index contributed by atoms with van der Waals surface area (Å²) >= 11 is 0. The summed E-state index contributed by atoms with van der Waals surface area (Å²) in [5.74, 6) is 0.141. The Bertz CT molecular complexity index is 307. The number of nitrogens with one attached hydrogen (secondary N) is 1. The second-order valence-corrected chi connectivity index (χ2v) is 5.19. The van der Waals surface area contributed by atoms with Crippen LogP contribution in [0.1, 0.15) is 40.0 Å². The molecule has 0 aromatic carbocycles. The van der Waals surface area contributed by atoms with Gasteiger partial charge in [0, 0.05) is 19.1 Å². The third kappa shape index (κ3) is 5.19. The van der Waals surface area contributed by atoms with Gasteiger partial charge in [0.1, 0.15) is 0 Å². The topological polar surface area (TPSA) is 52.7 Å². The number of rotatable bonds is 6. The van der Waals surface area contributed by atoms with Crippen molar-refractivity contribution < 1.29 is 9.59 Å². The molecule has 1 N–H and O–H groups in total. The first-order valence-electron chi connectivity index (χ1n) is 7.37. The highest BCUT2D eigenvalue weighted by Gasteiger charge is 2.24. The Morgan fingerprint density at radius 1 is 1.26 bits per heavy atom. The molecule has 0 radical (unpaired) electrons. The van der Waals surface area contributed by atoms with Crippen LogP contribution in [-0.2, 0) is 9.59 Å². The average Bonchev–Trinajstić information content (AvgIpc) is 2.38. The molecule has 0 aromatic rings. The number of carbonyl (C=O) groups is 2. The van der Waals surface area contributed by atoms with E-state index in [1.54, 1.807) is 0 Å². The van der Waals surface area contributed by atoms with Gasteiger partial charge >= 0.3 is 0 Å². The molecule has 19 heavy (non-hydrogen) atoms. The standard InChI is InChI=1S/C14H27N3O2/c1-4-15-13(18)10-16(5-2)11-14(19)17-9-7-6-8-12(17)3/h12H,4-11H2,1-3H3,(H,15,18). The normalized spacial score (nSPS) is 19.6. The van der Waals surface area contributed by atoms with E-state index in [0.29, 0.717) is 32.2 Å². The molecule has 1 fully saturated rings. The number of amides is 2. The van der Waals surface area contributed by atoms with Crippen molar-refractivity contribution in [1.82, 2.24) is 15.1 Å². The van der Waals surface area contributed by atoms with E-state index < -0.39 is 0 Å². The van der Waals surface area contributed by atoms with Gasteiger partial charge in [0.25, 0.3) is 0 Å². The fraction of sp³-hybridized carbons (Fsp3) is 0.857. The van der Waals surface area contributed by atoms with Crippen molar-refractivity contribution in [3.63, 3.8) is 0 Å². The Morgan fingerprint density at radius 3 is 2.58 bits per heavy atom. The second-order valence-electron chi connectivity index (χ2n) is 5.19. The lowest BCUT2D eigenvalue weighted by Gasteiger charge is -2.34. The minimum Gasteiger partial charge on any atom is -0.355 e. The maximum Gasteiger partial charge on any atom is 0.237 e. The lowest BCUT2D eigenvalue weighted by Crippen LogP contribution is -2.48. The van der Waals surface area contributed by atoms with Gasteiger partial charge < -0.3 is 10.2 Å². The van der Waals surface area contributed by atoms with E-state index in [1.165, 1.54) is 6.42 Å². The van der Waals surface area contributed by atoms with Crippen LogP contribution in [0.25, 0.3) is 0 Å². The fourth-order valence-corrected chi connectivity index (χ4v) is 2.49. The van der Waals surface area contributed by atoms with Crippen molar-refractivity contribution in [3.05, 3.63) is 0 Å². The molecule has 0 aliphatic carbocycles. The van der Waals surface area contributed by atoms with Crippen molar-refractivity contribution in [2.75, 3.05) is 32.7 Å². The van der Waals surface area contributed by atoms with Crippen LogP contribution in [0, 0.1) is 0 Å². The third-order valence-corrected chi connectivity index (χ3v) is 3.67. The van der Waals surface area contributed by atoms with Crippen molar-refractivity contribution in [3.8, 4) is 0 Å². The molecule has 0 saturated carbocycles. The summed E-state index contributed by atoms with van der Waals surface area (Å²) in [6, 6.07) is 0.337. The molecule has 1 rings (SSSR count). The Balaban J connectivity index is 2.45. The van der Waals surface area contributed by atoms with E-state index in [2.05, 4.69) is 12.2 Å². The largest absolute Gasteiger partial charge is 0.355 e. The Labute approximate surface area is 116 Å². The van der Waals surface area contributed by atoms with Crippen LogP contribution in [0.2, 0.25) is 0 Å². The third-order valence-electron chi connectivity index (χ3n) is 3.67. The molecule has 1 aliphatic rings. The first kappa shape index (κ1) is 16.0. The number of likely N-dealkylation sites (N-methyl/N-ethyl adjacent to an activating group) is 2. The van der Waals surface area contributed by atoms with Crippen LogP contribution in [0.15, 0.2) is 0 Å². The minimum atomic E-state index is -0.0103. The molecule has 0 aromatic heterocycles. The number of hydrogen-bond donors (Lipinski definition) is 1. The Morgan fingerprint density at radius 2 is 2.00 bits per heavy atom. The molecular weight excluding hydrogens is 242 g/mol.